The summed E-state index contributed by atoms with van der Waals surface area (Å²) in [6.45, 7) is 0. The molecule has 0 saturated heterocycles. The van der Waals surface area contributed by atoms with E-state index >= 15 is 0 Å². The van der Waals surface area contributed by atoms with E-state index in [0.29, 0.717) is 0 Å². The van der Waals surface area contributed by atoms with Crippen LogP contribution in [0, 0.1) is 0 Å². The highest BCUT2D eigenvalue weighted by molar-refractivity contribution is 7.94. The van der Waals surface area contributed by atoms with Gasteiger partial charge >= 0.3 is 0 Å². The molecule has 0 atom stereocenters. The Morgan fingerprint density at radius 2 is 1.58 bits per heavy atom. The van der Waals surface area contributed by atoms with Gasteiger partial charge in [-0.15, -0.1) is 0 Å². The van der Waals surface area contributed by atoms with Gasteiger partial charge < -0.3 is 0 Å². The van der Waals surface area contributed by atoms with Crippen molar-refractivity contribution in [1.29, 1.82) is 0 Å². The fourth-order valence-corrected chi connectivity index (χ4v) is 3.93. The molecule has 3 rings (SSSR count). The molecule has 96 valence electrons. The summed E-state index contributed by atoms with van der Waals surface area (Å²) in [7, 11) is -3.87. The molecular weight excluding hydrogens is 286 g/mol. The number of anilines is 1. The van der Waals surface area contributed by atoms with Crippen LogP contribution in [0.2, 0.25) is 5.02 Å². The van der Waals surface area contributed by atoms with E-state index in [1.54, 1.807) is 30.3 Å². The van der Waals surface area contributed by atoms with Gasteiger partial charge in [0.05, 0.1) is 16.3 Å². The summed E-state index contributed by atoms with van der Waals surface area (Å²) in [6.07, 6.45) is 0. The summed E-state index contributed by atoms with van der Waals surface area (Å²) in [6, 6.07) is 12.5. The lowest BCUT2D eigenvalue weighted by Gasteiger charge is -2.16. The third kappa shape index (κ3) is 1.66. The number of hydrogen-bond donors (Lipinski definition) is 0. The second kappa shape index (κ2) is 4.08. The molecule has 1 aliphatic rings. The van der Waals surface area contributed by atoms with Crippen LogP contribution >= 0.6 is 11.6 Å². The van der Waals surface area contributed by atoms with Crippen LogP contribution in [0.3, 0.4) is 0 Å². The Balaban J connectivity index is 2.28. The smallest absolute Gasteiger partial charge is 0.268 e. The summed E-state index contributed by atoms with van der Waals surface area (Å²) in [5, 5.41) is 0.215. The van der Waals surface area contributed by atoms with E-state index in [1.807, 2.05) is 0 Å². The number of nitrogens with zero attached hydrogens (tertiary/aromatic N) is 1. The summed E-state index contributed by atoms with van der Waals surface area (Å²) >= 11 is 5.98. The zero-order valence-corrected chi connectivity index (χ0v) is 11.1. The monoisotopic (exact) mass is 293 g/mol. The van der Waals surface area contributed by atoms with Gasteiger partial charge in [0, 0.05) is 0 Å². The Labute approximate surface area is 115 Å². The van der Waals surface area contributed by atoms with Gasteiger partial charge in [-0.05, 0) is 24.3 Å². The van der Waals surface area contributed by atoms with E-state index in [1.165, 1.54) is 18.2 Å². The number of amides is 1. The highest BCUT2D eigenvalue weighted by Gasteiger charge is 2.42. The van der Waals surface area contributed by atoms with Crippen LogP contribution in [0.5, 0.6) is 0 Å². The van der Waals surface area contributed by atoms with E-state index in [9.17, 15) is 13.2 Å². The average molecular weight is 294 g/mol. The number of benzene rings is 2. The zero-order chi connectivity index (χ0) is 13.6. The third-order valence-corrected chi connectivity index (χ3v) is 4.97. The van der Waals surface area contributed by atoms with Gasteiger partial charge in [0.1, 0.15) is 4.90 Å². The van der Waals surface area contributed by atoms with Crippen molar-refractivity contribution >= 4 is 33.2 Å². The fourth-order valence-electron chi connectivity index (χ4n) is 2.04. The standard InChI is InChI=1S/C13H8ClNO3S/c14-10-6-2-3-7-11(10)15-13(16)9-5-1-4-8-12(9)19(15,17)18/h1-8H. The average Bonchev–Trinajstić information content (AvgIpc) is 2.60. The number of hydrogen-bond acceptors (Lipinski definition) is 3. The van der Waals surface area contributed by atoms with Crippen LogP contribution in [0.4, 0.5) is 5.69 Å². The number of halogens is 1. The van der Waals surface area contributed by atoms with E-state index in [-0.39, 0.29) is 21.2 Å². The van der Waals surface area contributed by atoms with Gasteiger partial charge in [-0.3, -0.25) is 4.79 Å². The molecule has 0 fully saturated rings. The molecule has 0 aromatic heterocycles. The van der Waals surface area contributed by atoms with Gasteiger partial charge in [-0.1, -0.05) is 35.9 Å². The van der Waals surface area contributed by atoms with Gasteiger partial charge in [0.25, 0.3) is 15.9 Å². The topological polar surface area (TPSA) is 54.5 Å². The minimum absolute atomic E-state index is 0.0138. The first kappa shape index (κ1) is 12.2. The van der Waals surface area contributed by atoms with Crippen molar-refractivity contribution < 1.29 is 13.2 Å². The minimum Gasteiger partial charge on any atom is -0.268 e. The number of para-hydroxylation sites is 1. The third-order valence-electron chi connectivity index (χ3n) is 2.89. The molecule has 4 nitrogen and oxygen atoms in total. The molecule has 0 bridgehead atoms. The van der Waals surface area contributed by atoms with E-state index in [4.69, 9.17) is 11.6 Å². The quantitative estimate of drug-likeness (QED) is 0.812. The van der Waals surface area contributed by atoms with Gasteiger partial charge in [0.2, 0.25) is 0 Å². The lowest BCUT2D eigenvalue weighted by atomic mass is 10.2. The van der Waals surface area contributed by atoms with Crippen molar-refractivity contribution in [3.63, 3.8) is 0 Å². The molecule has 0 aliphatic carbocycles. The predicted octanol–water partition coefficient (Wildman–Crippen LogP) is 2.69. The lowest BCUT2D eigenvalue weighted by Crippen LogP contribution is -2.29. The number of carbonyl (C=O) groups is 1. The van der Waals surface area contributed by atoms with Crippen LogP contribution in [0.15, 0.2) is 53.4 Å². The number of fused-ring (bicyclic) bond motifs is 1. The minimum atomic E-state index is -3.87. The van der Waals surface area contributed by atoms with Gasteiger partial charge in [-0.25, -0.2) is 8.42 Å². The van der Waals surface area contributed by atoms with Crippen molar-refractivity contribution in [2.24, 2.45) is 0 Å². The van der Waals surface area contributed by atoms with Crippen molar-refractivity contribution in [3.05, 3.63) is 59.1 Å². The SMILES string of the molecule is O=C1c2ccccc2S(=O)(=O)N1c1ccccc1Cl. The Bertz CT molecular complexity index is 786. The predicted molar refractivity (Wildman–Crippen MR) is 71.9 cm³/mol. The molecule has 1 amide bonds. The molecule has 19 heavy (non-hydrogen) atoms. The molecule has 0 radical (unpaired) electrons. The van der Waals surface area contributed by atoms with Crippen molar-refractivity contribution in [3.8, 4) is 0 Å². The molecule has 6 heteroatoms. The first-order chi connectivity index (χ1) is 9.03. The second-order valence-electron chi connectivity index (χ2n) is 4.02. The molecule has 2 aromatic carbocycles. The first-order valence-corrected chi connectivity index (χ1v) is 7.28. The van der Waals surface area contributed by atoms with Gasteiger partial charge in [-0.2, -0.15) is 4.31 Å². The molecule has 0 unspecified atom stereocenters. The molecule has 0 N–H and O–H groups in total. The van der Waals surface area contributed by atoms with Crippen LogP contribution in [0.1, 0.15) is 10.4 Å². The van der Waals surface area contributed by atoms with Crippen LogP contribution < -0.4 is 4.31 Å². The Hall–Kier alpha value is -1.85. The maximum Gasteiger partial charge on any atom is 0.273 e. The summed E-state index contributed by atoms with van der Waals surface area (Å²) in [4.78, 5) is 12.3. The van der Waals surface area contributed by atoms with E-state index < -0.39 is 15.9 Å². The highest BCUT2D eigenvalue weighted by Crippen LogP contribution is 2.37. The number of rotatable bonds is 1. The van der Waals surface area contributed by atoms with Crippen molar-refractivity contribution in [2.75, 3.05) is 4.31 Å². The summed E-state index contributed by atoms with van der Waals surface area (Å²) in [5.41, 5.74) is 0.341. The summed E-state index contributed by atoms with van der Waals surface area (Å²) < 4.78 is 25.5. The Morgan fingerprint density at radius 3 is 2.26 bits per heavy atom. The molecular formula is C13H8ClNO3S. The van der Waals surface area contributed by atoms with E-state index in [0.717, 1.165) is 4.31 Å². The van der Waals surface area contributed by atoms with E-state index in [2.05, 4.69) is 0 Å². The zero-order valence-electron chi connectivity index (χ0n) is 9.58. The second-order valence-corrected chi connectivity index (χ2v) is 6.18. The molecule has 2 aromatic rings. The van der Waals surface area contributed by atoms with Crippen molar-refractivity contribution in [1.82, 2.24) is 0 Å². The summed E-state index contributed by atoms with van der Waals surface area (Å²) in [5.74, 6) is -0.580. The first-order valence-electron chi connectivity index (χ1n) is 5.47. The molecule has 1 heterocycles. The molecule has 0 saturated carbocycles. The molecule has 0 spiro atoms. The van der Waals surface area contributed by atoms with Crippen LogP contribution in [0.25, 0.3) is 0 Å². The van der Waals surface area contributed by atoms with Gasteiger partial charge in [0.15, 0.2) is 0 Å². The largest absolute Gasteiger partial charge is 0.273 e. The Morgan fingerprint density at radius 1 is 0.947 bits per heavy atom. The number of sulfonamides is 1. The maximum atomic E-state index is 12.4. The highest BCUT2D eigenvalue weighted by atomic mass is 35.5. The fraction of sp³-hybridized carbons (Fsp3) is 0. The number of carbonyl (C=O) groups excluding carboxylic acids is 1. The normalized spacial score (nSPS) is 16.5. The molecule has 1 aliphatic heterocycles. The van der Waals surface area contributed by atoms with Crippen LogP contribution in [-0.4, -0.2) is 14.3 Å². The maximum absolute atomic E-state index is 12.4. The van der Waals surface area contributed by atoms with Crippen molar-refractivity contribution in [2.45, 2.75) is 4.90 Å². The Kier molecular flexibility index (Phi) is 2.62. The lowest BCUT2D eigenvalue weighted by molar-refractivity contribution is 0.101. The van der Waals surface area contributed by atoms with Crippen LogP contribution in [-0.2, 0) is 10.0 Å².